The quantitative estimate of drug-likeness (QED) is 0.826. The van der Waals surface area contributed by atoms with Crippen molar-refractivity contribution < 1.29 is 22.3 Å². The molecule has 0 saturated heterocycles. The van der Waals surface area contributed by atoms with Gasteiger partial charge in [-0.1, -0.05) is 6.07 Å². The number of nitrogens with one attached hydrogen (secondary N) is 1. The molecule has 0 aliphatic rings. The van der Waals surface area contributed by atoms with Crippen LogP contribution in [-0.4, -0.2) is 35.0 Å². The predicted molar refractivity (Wildman–Crippen MR) is 70.2 cm³/mol. The maximum absolute atomic E-state index is 13.5. The fourth-order valence-electron chi connectivity index (χ4n) is 1.54. The van der Waals surface area contributed by atoms with Gasteiger partial charge in [0.15, 0.2) is 11.6 Å². The monoisotopic (exact) mass is 291 g/mol. The van der Waals surface area contributed by atoms with Crippen LogP contribution < -0.4 is 9.46 Å². The van der Waals surface area contributed by atoms with Crippen LogP contribution in [0.4, 0.5) is 4.39 Å². The summed E-state index contributed by atoms with van der Waals surface area (Å²) >= 11 is 0. The van der Waals surface area contributed by atoms with Crippen molar-refractivity contribution in [3.63, 3.8) is 0 Å². The van der Waals surface area contributed by atoms with Gasteiger partial charge in [0.1, 0.15) is 0 Å². The molecule has 1 aromatic rings. The Bertz CT molecular complexity index is 518. The number of ether oxygens (including phenoxy) is 2. The molecule has 0 unspecified atom stereocenters. The van der Waals surface area contributed by atoms with Gasteiger partial charge in [0.25, 0.3) is 0 Å². The van der Waals surface area contributed by atoms with Crippen molar-refractivity contribution >= 4 is 10.0 Å². The summed E-state index contributed by atoms with van der Waals surface area (Å²) in [6.07, 6.45) is 0. The largest absolute Gasteiger partial charge is 0.494 e. The smallest absolute Gasteiger partial charge is 0.214 e. The van der Waals surface area contributed by atoms with E-state index >= 15 is 0 Å². The molecule has 1 aromatic carbocycles. The topological polar surface area (TPSA) is 64.6 Å². The van der Waals surface area contributed by atoms with Crippen LogP contribution in [0.1, 0.15) is 18.5 Å². The number of halogens is 1. The Morgan fingerprint density at radius 3 is 2.58 bits per heavy atom. The minimum Gasteiger partial charge on any atom is -0.494 e. The number of rotatable bonds is 7. The molecule has 1 rings (SSSR count). The second-order valence-corrected chi connectivity index (χ2v) is 5.92. The molecule has 0 aliphatic carbocycles. The van der Waals surface area contributed by atoms with Gasteiger partial charge in [-0.25, -0.2) is 17.5 Å². The van der Waals surface area contributed by atoms with Gasteiger partial charge in [-0.05, 0) is 24.6 Å². The number of hydrogen-bond donors (Lipinski definition) is 1. The summed E-state index contributed by atoms with van der Waals surface area (Å²) in [5.74, 6) is -0.534. The fraction of sp³-hybridized carbons (Fsp3) is 0.500. The fourth-order valence-corrected chi connectivity index (χ4v) is 2.72. The SMILES string of the molecule is COCCS(=O)(=O)N[C@@H](C)c1ccc(OC)c(F)c1. The first-order chi connectivity index (χ1) is 8.89. The first kappa shape index (κ1) is 15.9. The Balaban J connectivity index is 2.78. The Morgan fingerprint density at radius 1 is 1.37 bits per heavy atom. The number of methoxy groups -OCH3 is 2. The van der Waals surface area contributed by atoms with Gasteiger partial charge >= 0.3 is 0 Å². The predicted octanol–water partition coefficient (Wildman–Crippen LogP) is 1.46. The molecule has 19 heavy (non-hydrogen) atoms. The highest BCUT2D eigenvalue weighted by Crippen LogP contribution is 2.22. The average Bonchev–Trinajstić information content (AvgIpc) is 2.35. The Hall–Kier alpha value is -1.18. The highest BCUT2D eigenvalue weighted by atomic mass is 32.2. The van der Waals surface area contributed by atoms with Gasteiger partial charge in [0.2, 0.25) is 10.0 Å². The lowest BCUT2D eigenvalue weighted by atomic mass is 10.1. The van der Waals surface area contributed by atoms with Crippen LogP contribution >= 0.6 is 0 Å². The molecule has 1 N–H and O–H groups in total. The second-order valence-electron chi connectivity index (χ2n) is 4.05. The maximum atomic E-state index is 13.5. The van der Waals surface area contributed by atoms with E-state index in [-0.39, 0.29) is 18.1 Å². The van der Waals surface area contributed by atoms with Gasteiger partial charge < -0.3 is 9.47 Å². The van der Waals surface area contributed by atoms with Crippen molar-refractivity contribution in [2.45, 2.75) is 13.0 Å². The zero-order valence-electron chi connectivity index (χ0n) is 11.1. The van der Waals surface area contributed by atoms with E-state index in [1.54, 1.807) is 13.0 Å². The van der Waals surface area contributed by atoms with E-state index in [1.807, 2.05) is 0 Å². The van der Waals surface area contributed by atoms with Crippen LogP contribution in [0.2, 0.25) is 0 Å². The van der Waals surface area contributed by atoms with E-state index < -0.39 is 21.9 Å². The molecule has 0 radical (unpaired) electrons. The molecular formula is C12H18FNO4S. The lowest BCUT2D eigenvalue weighted by Gasteiger charge is -2.15. The molecule has 7 heteroatoms. The summed E-state index contributed by atoms with van der Waals surface area (Å²) < 4.78 is 48.8. The number of benzene rings is 1. The summed E-state index contributed by atoms with van der Waals surface area (Å²) in [6.45, 7) is 1.75. The number of sulfonamides is 1. The normalized spacial score (nSPS) is 13.3. The molecule has 0 bridgehead atoms. The van der Waals surface area contributed by atoms with Gasteiger partial charge in [-0.15, -0.1) is 0 Å². The van der Waals surface area contributed by atoms with Crippen molar-refractivity contribution in [1.82, 2.24) is 4.72 Å². The molecule has 5 nitrogen and oxygen atoms in total. The summed E-state index contributed by atoms with van der Waals surface area (Å²) in [4.78, 5) is 0. The van der Waals surface area contributed by atoms with Crippen molar-refractivity contribution in [3.8, 4) is 5.75 Å². The Labute approximate surface area is 112 Å². The van der Waals surface area contributed by atoms with E-state index in [9.17, 15) is 12.8 Å². The molecule has 0 aromatic heterocycles. The third-order valence-electron chi connectivity index (χ3n) is 2.59. The molecule has 0 fully saturated rings. The molecule has 1 atom stereocenters. The van der Waals surface area contributed by atoms with Crippen molar-refractivity contribution in [3.05, 3.63) is 29.6 Å². The lowest BCUT2D eigenvalue weighted by Crippen LogP contribution is -2.30. The van der Waals surface area contributed by atoms with Gasteiger partial charge in [-0.2, -0.15) is 0 Å². The Morgan fingerprint density at radius 2 is 2.05 bits per heavy atom. The highest BCUT2D eigenvalue weighted by molar-refractivity contribution is 7.89. The summed E-state index contributed by atoms with van der Waals surface area (Å²) in [7, 11) is -0.650. The van der Waals surface area contributed by atoms with Gasteiger partial charge in [0.05, 0.1) is 19.5 Å². The van der Waals surface area contributed by atoms with E-state index in [2.05, 4.69) is 4.72 Å². The first-order valence-corrected chi connectivity index (χ1v) is 7.37. The van der Waals surface area contributed by atoms with E-state index in [0.29, 0.717) is 5.56 Å². The zero-order chi connectivity index (χ0) is 14.5. The summed E-state index contributed by atoms with van der Waals surface area (Å²) in [6, 6.07) is 3.81. The molecule has 0 amide bonds. The van der Waals surface area contributed by atoms with Crippen LogP contribution in [0.5, 0.6) is 5.75 Å². The summed E-state index contributed by atoms with van der Waals surface area (Å²) in [5.41, 5.74) is 0.527. The number of hydrogen-bond acceptors (Lipinski definition) is 4. The zero-order valence-corrected chi connectivity index (χ0v) is 12.0. The summed E-state index contributed by atoms with van der Waals surface area (Å²) in [5, 5.41) is 0. The maximum Gasteiger partial charge on any atom is 0.214 e. The lowest BCUT2D eigenvalue weighted by molar-refractivity contribution is 0.216. The van der Waals surface area contributed by atoms with E-state index in [1.165, 1.54) is 26.4 Å². The molecule has 108 valence electrons. The van der Waals surface area contributed by atoms with Crippen molar-refractivity contribution in [2.24, 2.45) is 0 Å². The molecular weight excluding hydrogens is 273 g/mol. The molecule has 0 heterocycles. The third kappa shape index (κ3) is 4.77. The Kier molecular flexibility index (Phi) is 5.71. The van der Waals surface area contributed by atoms with Gasteiger partial charge in [-0.3, -0.25) is 0 Å². The average molecular weight is 291 g/mol. The van der Waals surface area contributed by atoms with E-state index in [4.69, 9.17) is 9.47 Å². The highest BCUT2D eigenvalue weighted by Gasteiger charge is 2.16. The van der Waals surface area contributed by atoms with Crippen LogP contribution in [-0.2, 0) is 14.8 Å². The minimum absolute atomic E-state index is 0.110. The first-order valence-electron chi connectivity index (χ1n) is 5.72. The van der Waals surface area contributed by atoms with Crippen LogP contribution in [0, 0.1) is 5.82 Å². The van der Waals surface area contributed by atoms with E-state index in [0.717, 1.165) is 0 Å². The second kappa shape index (κ2) is 6.83. The van der Waals surface area contributed by atoms with Crippen LogP contribution in [0.25, 0.3) is 0 Å². The molecule has 0 spiro atoms. The minimum atomic E-state index is -3.45. The molecule has 0 saturated carbocycles. The van der Waals surface area contributed by atoms with Gasteiger partial charge in [0, 0.05) is 13.2 Å². The standard InChI is InChI=1S/C12H18FNO4S/c1-9(14-19(15,16)7-6-17-2)10-4-5-12(18-3)11(13)8-10/h4-5,8-9,14H,6-7H2,1-3H3/t9-/m0/s1. The third-order valence-corrected chi connectivity index (χ3v) is 4.01. The van der Waals surface area contributed by atoms with Crippen LogP contribution in [0.3, 0.4) is 0 Å². The van der Waals surface area contributed by atoms with Crippen molar-refractivity contribution in [1.29, 1.82) is 0 Å². The van der Waals surface area contributed by atoms with Crippen molar-refractivity contribution in [2.75, 3.05) is 26.6 Å². The molecule has 0 aliphatic heterocycles. The van der Waals surface area contributed by atoms with Crippen LogP contribution in [0.15, 0.2) is 18.2 Å².